The van der Waals surface area contributed by atoms with Crippen LogP contribution < -0.4 is 11.5 Å². The van der Waals surface area contributed by atoms with Crippen LogP contribution in [0.5, 0.6) is 0 Å². The summed E-state index contributed by atoms with van der Waals surface area (Å²) in [5.41, 5.74) is 18.1. The van der Waals surface area contributed by atoms with E-state index in [4.69, 9.17) is 26.4 Å². The normalized spacial score (nSPS) is 10.8. The van der Waals surface area contributed by atoms with Crippen LogP contribution in [0.4, 0.5) is 11.4 Å². The van der Waals surface area contributed by atoms with E-state index >= 15 is 0 Å². The first-order valence-electron chi connectivity index (χ1n) is 9.06. The van der Waals surface area contributed by atoms with Crippen LogP contribution in [-0.4, -0.2) is 15.0 Å². The van der Waals surface area contributed by atoms with Gasteiger partial charge in [-0.2, -0.15) is 0 Å². The van der Waals surface area contributed by atoms with Crippen LogP contribution in [0.15, 0.2) is 66.7 Å². The monoisotopic (exact) mass is 367 g/mol. The first-order valence-corrected chi connectivity index (χ1v) is 9.06. The highest BCUT2D eigenvalue weighted by atomic mass is 15.0. The number of aryl methyl sites for hydroxylation is 2. The fraction of sp³-hybridized carbons (Fsp3) is 0.0870. The number of nitrogens with two attached hydrogens (primary N) is 2. The second kappa shape index (κ2) is 7.12. The molecule has 1 aromatic heterocycles. The minimum absolute atomic E-state index is 0.623. The van der Waals surface area contributed by atoms with Crippen molar-refractivity contribution in [3.05, 3.63) is 77.9 Å². The van der Waals surface area contributed by atoms with Crippen molar-refractivity contribution in [3.8, 4) is 34.2 Å². The zero-order valence-electron chi connectivity index (χ0n) is 15.8. The Labute approximate surface area is 164 Å². The Morgan fingerprint density at radius 3 is 1.50 bits per heavy atom. The molecule has 1 heterocycles. The summed E-state index contributed by atoms with van der Waals surface area (Å²) in [6, 6.07) is 21.4. The highest BCUT2D eigenvalue weighted by molar-refractivity contribution is 5.71. The average molecular weight is 367 g/mol. The summed E-state index contributed by atoms with van der Waals surface area (Å²) in [6.07, 6.45) is 0. The molecular weight excluding hydrogens is 346 g/mol. The topological polar surface area (TPSA) is 90.7 Å². The molecule has 0 saturated carbocycles. The van der Waals surface area contributed by atoms with Crippen molar-refractivity contribution < 1.29 is 0 Å². The molecule has 138 valence electrons. The summed E-state index contributed by atoms with van der Waals surface area (Å²) in [5, 5.41) is 0. The number of nitrogens with zero attached hydrogens (tertiary/aromatic N) is 3. The Morgan fingerprint density at radius 1 is 0.571 bits per heavy atom. The van der Waals surface area contributed by atoms with Gasteiger partial charge < -0.3 is 11.5 Å². The van der Waals surface area contributed by atoms with E-state index in [0.29, 0.717) is 28.8 Å². The molecule has 3 aromatic carbocycles. The molecular formula is C23H21N5. The van der Waals surface area contributed by atoms with Crippen LogP contribution in [0.25, 0.3) is 34.2 Å². The molecule has 0 spiro atoms. The van der Waals surface area contributed by atoms with Gasteiger partial charge in [-0.15, -0.1) is 0 Å². The summed E-state index contributed by atoms with van der Waals surface area (Å²) >= 11 is 0. The Hall–Kier alpha value is -3.73. The number of nitrogen functional groups attached to an aromatic ring is 2. The summed E-state index contributed by atoms with van der Waals surface area (Å²) in [7, 11) is 0. The minimum atomic E-state index is 0.623. The van der Waals surface area contributed by atoms with Crippen LogP contribution in [-0.2, 0) is 0 Å². The highest BCUT2D eigenvalue weighted by Gasteiger charge is 2.14. The molecule has 28 heavy (non-hydrogen) atoms. The Bertz CT molecular complexity index is 1080. The van der Waals surface area contributed by atoms with Crippen LogP contribution in [0.1, 0.15) is 11.1 Å². The van der Waals surface area contributed by atoms with Gasteiger partial charge in [0, 0.05) is 28.1 Å². The molecule has 0 radical (unpaired) electrons. The molecule has 0 atom stereocenters. The molecule has 0 aliphatic heterocycles. The molecule has 0 aliphatic carbocycles. The van der Waals surface area contributed by atoms with Gasteiger partial charge in [0.05, 0.1) is 0 Å². The van der Waals surface area contributed by atoms with Gasteiger partial charge >= 0.3 is 0 Å². The largest absolute Gasteiger partial charge is 0.399 e. The first-order chi connectivity index (χ1) is 13.5. The number of hydrogen-bond acceptors (Lipinski definition) is 5. The van der Waals surface area contributed by atoms with Crippen LogP contribution >= 0.6 is 0 Å². The van der Waals surface area contributed by atoms with Crippen molar-refractivity contribution in [1.29, 1.82) is 0 Å². The highest BCUT2D eigenvalue weighted by Crippen LogP contribution is 2.29. The van der Waals surface area contributed by atoms with Crippen molar-refractivity contribution in [2.45, 2.75) is 13.8 Å². The third kappa shape index (κ3) is 3.42. The fourth-order valence-electron chi connectivity index (χ4n) is 3.21. The van der Waals surface area contributed by atoms with Crippen molar-refractivity contribution in [1.82, 2.24) is 15.0 Å². The molecule has 0 bridgehead atoms. The molecule has 4 N–H and O–H groups in total. The summed E-state index contributed by atoms with van der Waals surface area (Å²) < 4.78 is 0. The van der Waals surface area contributed by atoms with E-state index in [1.54, 1.807) is 0 Å². The number of benzene rings is 3. The standard InChI is InChI=1S/C23H21N5/c1-14-12-17(24)8-10-19(14)22-26-21(16-6-4-3-5-7-16)27-23(28-22)20-11-9-18(25)13-15(20)2/h3-13H,24-25H2,1-2H3. The maximum Gasteiger partial charge on any atom is 0.164 e. The van der Waals surface area contributed by atoms with Crippen molar-refractivity contribution in [2.75, 3.05) is 11.5 Å². The van der Waals surface area contributed by atoms with E-state index < -0.39 is 0 Å². The van der Waals surface area contributed by atoms with Gasteiger partial charge in [-0.05, 0) is 61.4 Å². The lowest BCUT2D eigenvalue weighted by Gasteiger charge is -2.11. The van der Waals surface area contributed by atoms with E-state index in [9.17, 15) is 0 Å². The number of aromatic nitrogens is 3. The minimum Gasteiger partial charge on any atom is -0.399 e. The first kappa shape index (κ1) is 17.7. The molecule has 4 rings (SSSR count). The van der Waals surface area contributed by atoms with E-state index in [2.05, 4.69) is 0 Å². The molecule has 0 saturated heterocycles. The van der Waals surface area contributed by atoms with Gasteiger partial charge in [-0.25, -0.2) is 15.0 Å². The quantitative estimate of drug-likeness (QED) is 0.514. The second-order valence-corrected chi connectivity index (χ2v) is 6.82. The zero-order valence-corrected chi connectivity index (χ0v) is 15.8. The van der Waals surface area contributed by atoms with E-state index in [-0.39, 0.29) is 0 Å². The molecule has 5 nitrogen and oxygen atoms in total. The molecule has 4 aromatic rings. The average Bonchev–Trinajstić information content (AvgIpc) is 2.68. The maximum absolute atomic E-state index is 5.92. The SMILES string of the molecule is Cc1cc(N)ccc1-c1nc(-c2ccccc2)nc(-c2ccc(N)cc2C)n1. The van der Waals surface area contributed by atoms with Gasteiger partial charge in [0.25, 0.3) is 0 Å². The molecule has 0 amide bonds. The van der Waals surface area contributed by atoms with Crippen LogP contribution in [0.2, 0.25) is 0 Å². The Morgan fingerprint density at radius 2 is 1.04 bits per heavy atom. The van der Waals surface area contributed by atoms with Gasteiger partial charge in [-0.3, -0.25) is 0 Å². The Kier molecular flexibility index (Phi) is 4.49. The van der Waals surface area contributed by atoms with Gasteiger partial charge in [0.15, 0.2) is 17.5 Å². The molecule has 0 fully saturated rings. The van der Waals surface area contributed by atoms with Gasteiger partial charge in [0.1, 0.15) is 0 Å². The van der Waals surface area contributed by atoms with Crippen molar-refractivity contribution >= 4 is 11.4 Å². The lowest BCUT2D eigenvalue weighted by Crippen LogP contribution is -2.02. The van der Waals surface area contributed by atoms with E-state index in [1.165, 1.54) is 0 Å². The summed E-state index contributed by atoms with van der Waals surface area (Å²) in [6.45, 7) is 4.01. The van der Waals surface area contributed by atoms with Gasteiger partial charge in [0.2, 0.25) is 0 Å². The molecule has 0 unspecified atom stereocenters. The molecule has 0 aliphatic rings. The fourth-order valence-corrected chi connectivity index (χ4v) is 3.21. The third-order valence-corrected chi connectivity index (χ3v) is 4.65. The van der Waals surface area contributed by atoms with Crippen molar-refractivity contribution in [3.63, 3.8) is 0 Å². The summed E-state index contributed by atoms with van der Waals surface area (Å²) in [5.74, 6) is 1.88. The predicted molar refractivity (Wildman–Crippen MR) is 114 cm³/mol. The lowest BCUT2D eigenvalue weighted by molar-refractivity contribution is 1.07. The van der Waals surface area contributed by atoms with Crippen molar-refractivity contribution in [2.24, 2.45) is 0 Å². The molecule has 5 heteroatoms. The Balaban J connectivity index is 1.96. The number of hydrogen-bond donors (Lipinski definition) is 2. The zero-order chi connectivity index (χ0) is 19.7. The third-order valence-electron chi connectivity index (χ3n) is 4.65. The maximum atomic E-state index is 5.92. The van der Waals surface area contributed by atoms with E-state index in [1.807, 2.05) is 80.6 Å². The number of anilines is 2. The van der Waals surface area contributed by atoms with Crippen LogP contribution in [0.3, 0.4) is 0 Å². The van der Waals surface area contributed by atoms with E-state index in [0.717, 1.165) is 27.8 Å². The smallest absolute Gasteiger partial charge is 0.164 e. The van der Waals surface area contributed by atoms with Gasteiger partial charge in [-0.1, -0.05) is 30.3 Å². The second-order valence-electron chi connectivity index (χ2n) is 6.82. The predicted octanol–water partition coefficient (Wildman–Crippen LogP) is 4.65. The summed E-state index contributed by atoms with van der Waals surface area (Å²) in [4.78, 5) is 14.3. The lowest BCUT2D eigenvalue weighted by atomic mass is 10.1. The van der Waals surface area contributed by atoms with Crippen LogP contribution in [0, 0.1) is 13.8 Å². The number of rotatable bonds is 3.